The van der Waals surface area contributed by atoms with Crippen LogP contribution in [0.4, 0.5) is 0 Å². The molecule has 17 heavy (non-hydrogen) atoms. The predicted molar refractivity (Wildman–Crippen MR) is 65.4 cm³/mol. The average Bonchev–Trinajstić information content (AvgIpc) is 2.66. The monoisotopic (exact) mass is 260 g/mol. The molecule has 2 fully saturated rings. The first-order valence-electron chi connectivity index (χ1n) is 6.29. The molecule has 0 bridgehead atoms. The first-order chi connectivity index (χ1) is 8.09. The number of hydrogen-bond donors (Lipinski definition) is 2. The second-order valence-electron chi connectivity index (χ2n) is 4.92. The van der Waals surface area contributed by atoms with Crippen LogP contribution in [0.15, 0.2) is 0 Å². The van der Waals surface area contributed by atoms with Gasteiger partial charge in [-0.2, -0.15) is 0 Å². The number of amides is 1. The smallest absolute Gasteiger partial charge is 0.224 e. The summed E-state index contributed by atoms with van der Waals surface area (Å²) in [4.78, 5) is 11.8. The quantitative estimate of drug-likeness (QED) is 0.729. The number of nitrogens with one attached hydrogen (secondary N) is 2. The molecule has 0 spiro atoms. The number of piperidine rings is 1. The second-order valence-corrected chi connectivity index (χ2v) is 7.32. The van der Waals surface area contributed by atoms with Crippen LogP contribution in [-0.2, 0) is 14.6 Å². The van der Waals surface area contributed by atoms with Crippen molar-refractivity contribution in [3.8, 4) is 0 Å². The zero-order valence-electron chi connectivity index (χ0n) is 9.94. The highest BCUT2D eigenvalue weighted by Crippen LogP contribution is 2.19. The highest BCUT2D eigenvalue weighted by Gasteiger charge is 2.32. The molecular formula is C11H20N2O3S. The van der Waals surface area contributed by atoms with Crippen molar-refractivity contribution in [2.45, 2.75) is 30.9 Å². The Morgan fingerprint density at radius 3 is 2.71 bits per heavy atom. The van der Waals surface area contributed by atoms with Gasteiger partial charge in [-0.15, -0.1) is 0 Å². The summed E-state index contributed by atoms with van der Waals surface area (Å²) in [6, 6.07) is 0. The maximum atomic E-state index is 11.8. The van der Waals surface area contributed by atoms with Crippen LogP contribution in [-0.4, -0.2) is 45.0 Å². The average molecular weight is 260 g/mol. The molecule has 2 atom stereocenters. The maximum absolute atomic E-state index is 11.8. The number of carbonyl (C=O) groups is 1. The first-order valence-corrected chi connectivity index (χ1v) is 8.01. The van der Waals surface area contributed by atoms with E-state index in [0.717, 1.165) is 25.8 Å². The van der Waals surface area contributed by atoms with Crippen LogP contribution < -0.4 is 10.6 Å². The molecule has 0 saturated carbocycles. The molecule has 0 aromatic rings. The van der Waals surface area contributed by atoms with E-state index >= 15 is 0 Å². The van der Waals surface area contributed by atoms with Crippen LogP contribution in [0, 0.1) is 5.92 Å². The fourth-order valence-corrected chi connectivity index (χ4v) is 4.29. The summed E-state index contributed by atoms with van der Waals surface area (Å²) < 4.78 is 23.2. The Labute approximate surface area is 102 Å². The van der Waals surface area contributed by atoms with Crippen molar-refractivity contribution in [2.24, 2.45) is 5.92 Å². The van der Waals surface area contributed by atoms with Gasteiger partial charge >= 0.3 is 0 Å². The summed E-state index contributed by atoms with van der Waals surface area (Å²) in [5.74, 6) is 0.283. The summed E-state index contributed by atoms with van der Waals surface area (Å²) in [6.45, 7) is 1.97. The van der Waals surface area contributed by atoms with E-state index in [-0.39, 0.29) is 29.4 Å². The maximum Gasteiger partial charge on any atom is 0.224 e. The van der Waals surface area contributed by atoms with Crippen LogP contribution in [0.25, 0.3) is 0 Å². The Morgan fingerprint density at radius 2 is 2.12 bits per heavy atom. The van der Waals surface area contributed by atoms with E-state index in [0.29, 0.717) is 13.0 Å². The van der Waals surface area contributed by atoms with Crippen LogP contribution in [0.2, 0.25) is 0 Å². The molecule has 0 aromatic heterocycles. The van der Waals surface area contributed by atoms with E-state index in [9.17, 15) is 13.2 Å². The Morgan fingerprint density at radius 1 is 1.29 bits per heavy atom. The van der Waals surface area contributed by atoms with Crippen molar-refractivity contribution >= 4 is 15.7 Å². The zero-order valence-corrected chi connectivity index (χ0v) is 10.8. The molecule has 2 rings (SSSR count). The normalized spacial score (nSPS) is 32.2. The SMILES string of the molecule is O=C(NCC1CCCS1(=O)=O)[C@H]1CCCNC1. The lowest BCUT2D eigenvalue weighted by molar-refractivity contribution is -0.125. The van der Waals surface area contributed by atoms with Crippen molar-refractivity contribution in [2.75, 3.05) is 25.4 Å². The standard InChI is InChI=1S/C11H20N2O3S/c14-11(9-3-1-5-12-7-9)13-8-10-4-2-6-17(10,15)16/h9-10,12H,1-8H2,(H,13,14)/t9-,10?/m0/s1. The lowest BCUT2D eigenvalue weighted by Gasteiger charge is -2.22. The lowest BCUT2D eigenvalue weighted by Crippen LogP contribution is -2.43. The highest BCUT2D eigenvalue weighted by atomic mass is 32.2. The summed E-state index contributed by atoms with van der Waals surface area (Å²) in [6.07, 6.45) is 3.33. The van der Waals surface area contributed by atoms with Crippen LogP contribution in [0.1, 0.15) is 25.7 Å². The molecule has 1 unspecified atom stereocenters. The van der Waals surface area contributed by atoms with Crippen molar-refractivity contribution in [3.05, 3.63) is 0 Å². The minimum atomic E-state index is -2.94. The van der Waals surface area contributed by atoms with Gasteiger partial charge in [0.25, 0.3) is 0 Å². The topological polar surface area (TPSA) is 75.3 Å². The minimum absolute atomic E-state index is 0.000648. The second kappa shape index (κ2) is 5.35. The Bertz CT molecular complexity index is 374. The molecule has 0 radical (unpaired) electrons. The molecule has 2 aliphatic rings. The van der Waals surface area contributed by atoms with Crippen molar-refractivity contribution in [1.82, 2.24) is 10.6 Å². The van der Waals surface area contributed by atoms with Gasteiger partial charge in [0.1, 0.15) is 0 Å². The van der Waals surface area contributed by atoms with E-state index in [1.54, 1.807) is 0 Å². The lowest BCUT2D eigenvalue weighted by atomic mass is 9.99. The van der Waals surface area contributed by atoms with E-state index in [4.69, 9.17) is 0 Å². The minimum Gasteiger partial charge on any atom is -0.355 e. The van der Waals surface area contributed by atoms with Gasteiger partial charge in [0.2, 0.25) is 5.91 Å². The Balaban J connectivity index is 1.79. The van der Waals surface area contributed by atoms with Gasteiger partial charge in [-0.05, 0) is 32.2 Å². The third kappa shape index (κ3) is 3.19. The molecule has 6 heteroatoms. The summed E-state index contributed by atoms with van der Waals surface area (Å²) in [5.41, 5.74) is 0. The molecule has 98 valence electrons. The molecule has 2 aliphatic heterocycles. The Kier molecular flexibility index (Phi) is 4.04. The van der Waals surface area contributed by atoms with Gasteiger partial charge in [0.15, 0.2) is 9.84 Å². The van der Waals surface area contributed by atoms with Gasteiger partial charge in [0.05, 0.1) is 16.9 Å². The van der Waals surface area contributed by atoms with Crippen LogP contribution in [0.3, 0.4) is 0 Å². The fourth-order valence-electron chi connectivity index (χ4n) is 2.52. The van der Waals surface area contributed by atoms with Gasteiger partial charge in [0, 0.05) is 13.1 Å². The van der Waals surface area contributed by atoms with E-state index < -0.39 is 9.84 Å². The van der Waals surface area contributed by atoms with E-state index in [1.165, 1.54) is 0 Å². The van der Waals surface area contributed by atoms with E-state index in [2.05, 4.69) is 10.6 Å². The largest absolute Gasteiger partial charge is 0.355 e. The molecule has 0 aliphatic carbocycles. The van der Waals surface area contributed by atoms with Gasteiger partial charge in [-0.1, -0.05) is 0 Å². The van der Waals surface area contributed by atoms with Crippen LogP contribution >= 0.6 is 0 Å². The molecule has 2 N–H and O–H groups in total. The molecule has 0 aromatic carbocycles. The van der Waals surface area contributed by atoms with Gasteiger partial charge < -0.3 is 10.6 Å². The molecule has 5 nitrogen and oxygen atoms in total. The van der Waals surface area contributed by atoms with Gasteiger partial charge in [-0.3, -0.25) is 4.79 Å². The number of carbonyl (C=O) groups excluding carboxylic acids is 1. The zero-order chi connectivity index (χ0) is 12.3. The fraction of sp³-hybridized carbons (Fsp3) is 0.909. The first kappa shape index (κ1) is 12.8. The molecule has 2 heterocycles. The van der Waals surface area contributed by atoms with Crippen molar-refractivity contribution in [3.63, 3.8) is 0 Å². The van der Waals surface area contributed by atoms with Crippen LogP contribution in [0.5, 0.6) is 0 Å². The number of rotatable bonds is 3. The highest BCUT2D eigenvalue weighted by molar-refractivity contribution is 7.92. The predicted octanol–water partition coefficient (Wildman–Crippen LogP) is -0.321. The summed E-state index contributed by atoms with van der Waals surface area (Å²) >= 11 is 0. The Hall–Kier alpha value is -0.620. The molecular weight excluding hydrogens is 240 g/mol. The third-order valence-corrected chi connectivity index (χ3v) is 5.91. The number of hydrogen-bond acceptors (Lipinski definition) is 4. The van der Waals surface area contributed by atoms with Crippen molar-refractivity contribution < 1.29 is 13.2 Å². The molecule has 2 saturated heterocycles. The van der Waals surface area contributed by atoms with E-state index in [1.807, 2.05) is 0 Å². The number of sulfone groups is 1. The summed E-state index contributed by atoms with van der Waals surface area (Å²) in [7, 11) is -2.94. The van der Waals surface area contributed by atoms with Gasteiger partial charge in [-0.25, -0.2) is 8.42 Å². The van der Waals surface area contributed by atoms with Crippen molar-refractivity contribution in [1.29, 1.82) is 0 Å². The third-order valence-electron chi connectivity index (χ3n) is 3.63. The summed E-state index contributed by atoms with van der Waals surface area (Å²) in [5, 5.41) is 5.61. The molecule has 1 amide bonds.